The average Bonchev–Trinajstić information content (AvgIpc) is 2.79. The SMILES string of the molecule is COc1ccccc1Oc1ccc(NC(=O)C(NC(=O)CC(C)C)c2ccccc2)cc1. The molecule has 3 aromatic rings. The van der Waals surface area contributed by atoms with Crippen LogP contribution in [0.1, 0.15) is 31.9 Å². The molecule has 0 aliphatic rings. The van der Waals surface area contributed by atoms with Crippen molar-refractivity contribution in [1.29, 1.82) is 0 Å². The molecule has 0 spiro atoms. The number of para-hydroxylation sites is 2. The van der Waals surface area contributed by atoms with Gasteiger partial charge in [0.25, 0.3) is 5.91 Å². The van der Waals surface area contributed by atoms with Crippen molar-refractivity contribution in [2.75, 3.05) is 12.4 Å². The zero-order chi connectivity index (χ0) is 22.9. The third-order valence-electron chi connectivity index (χ3n) is 4.71. The molecule has 0 heterocycles. The number of carbonyl (C=O) groups excluding carboxylic acids is 2. The molecule has 3 aromatic carbocycles. The Hall–Kier alpha value is -3.80. The van der Waals surface area contributed by atoms with Crippen LogP contribution in [0.4, 0.5) is 5.69 Å². The van der Waals surface area contributed by atoms with Gasteiger partial charge >= 0.3 is 0 Å². The lowest BCUT2D eigenvalue weighted by molar-refractivity contribution is -0.127. The van der Waals surface area contributed by atoms with E-state index in [4.69, 9.17) is 9.47 Å². The Morgan fingerprint density at radius 1 is 0.844 bits per heavy atom. The van der Waals surface area contributed by atoms with E-state index in [1.165, 1.54) is 0 Å². The molecular weight excluding hydrogens is 404 g/mol. The van der Waals surface area contributed by atoms with E-state index in [1.54, 1.807) is 31.4 Å². The zero-order valence-corrected chi connectivity index (χ0v) is 18.5. The van der Waals surface area contributed by atoms with E-state index in [0.717, 1.165) is 5.56 Å². The first-order valence-corrected chi connectivity index (χ1v) is 10.5. The minimum atomic E-state index is -0.785. The fourth-order valence-electron chi connectivity index (χ4n) is 3.19. The van der Waals surface area contributed by atoms with Gasteiger partial charge in [0.2, 0.25) is 5.91 Å². The Labute approximate surface area is 188 Å². The van der Waals surface area contributed by atoms with Crippen LogP contribution < -0.4 is 20.1 Å². The van der Waals surface area contributed by atoms with Crippen molar-refractivity contribution in [2.24, 2.45) is 5.92 Å². The molecule has 0 bridgehead atoms. The van der Waals surface area contributed by atoms with Gasteiger partial charge in [0.15, 0.2) is 11.5 Å². The summed E-state index contributed by atoms with van der Waals surface area (Å²) in [5, 5.41) is 5.73. The van der Waals surface area contributed by atoms with E-state index in [1.807, 2.05) is 68.4 Å². The van der Waals surface area contributed by atoms with Gasteiger partial charge in [-0.3, -0.25) is 9.59 Å². The third-order valence-corrected chi connectivity index (χ3v) is 4.71. The highest BCUT2D eigenvalue weighted by Crippen LogP contribution is 2.31. The first-order chi connectivity index (χ1) is 15.5. The highest BCUT2D eigenvalue weighted by molar-refractivity contribution is 5.97. The maximum Gasteiger partial charge on any atom is 0.251 e. The molecule has 166 valence electrons. The number of hydrogen-bond donors (Lipinski definition) is 2. The quantitative estimate of drug-likeness (QED) is 0.479. The van der Waals surface area contributed by atoms with Crippen LogP contribution >= 0.6 is 0 Å². The normalized spacial score (nSPS) is 11.5. The number of nitrogens with one attached hydrogen (secondary N) is 2. The summed E-state index contributed by atoms with van der Waals surface area (Å²) in [4.78, 5) is 25.4. The Bertz CT molecular complexity index is 1030. The molecule has 1 atom stereocenters. The van der Waals surface area contributed by atoms with E-state index in [-0.39, 0.29) is 17.7 Å². The van der Waals surface area contributed by atoms with Gasteiger partial charge in [0, 0.05) is 12.1 Å². The maximum atomic E-state index is 13.0. The summed E-state index contributed by atoms with van der Waals surface area (Å²) in [6.07, 6.45) is 0.353. The van der Waals surface area contributed by atoms with Crippen molar-refractivity contribution in [3.63, 3.8) is 0 Å². The second kappa shape index (κ2) is 11.0. The summed E-state index contributed by atoms with van der Waals surface area (Å²) in [6, 6.07) is 22.8. The smallest absolute Gasteiger partial charge is 0.251 e. The average molecular weight is 433 g/mol. The van der Waals surface area contributed by atoms with Gasteiger partial charge in [0.1, 0.15) is 11.8 Å². The Balaban J connectivity index is 1.71. The topological polar surface area (TPSA) is 76.7 Å². The molecule has 6 nitrogen and oxygen atoms in total. The van der Waals surface area contributed by atoms with Gasteiger partial charge in [-0.25, -0.2) is 0 Å². The van der Waals surface area contributed by atoms with Gasteiger partial charge < -0.3 is 20.1 Å². The summed E-state index contributed by atoms with van der Waals surface area (Å²) < 4.78 is 11.2. The number of benzene rings is 3. The van der Waals surface area contributed by atoms with Gasteiger partial charge in [-0.05, 0) is 47.9 Å². The lowest BCUT2D eigenvalue weighted by Gasteiger charge is -2.20. The number of hydrogen-bond acceptors (Lipinski definition) is 4. The van der Waals surface area contributed by atoms with E-state index in [9.17, 15) is 9.59 Å². The lowest BCUT2D eigenvalue weighted by atomic mass is 10.0. The number of anilines is 1. The first-order valence-electron chi connectivity index (χ1n) is 10.5. The van der Waals surface area contributed by atoms with Crippen LogP contribution in [0.25, 0.3) is 0 Å². The Kier molecular flexibility index (Phi) is 7.86. The van der Waals surface area contributed by atoms with Crippen LogP contribution in [-0.2, 0) is 9.59 Å². The lowest BCUT2D eigenvalue weighted by Crippen LogP contribution is -2.37. The minimum absolute atomic E-state index is 0.162. The van der Waals surface area contributed by atoms with Crippen molar-refractivity contribution in [1.82, 2.24) is 5.32 Å². The molecule has 2 N–H and O–H groups in total. The highest BCUT2D eigenvalue weighted by Gasteiger charge is 2.23. The van der Waals surface area contributed by atoms with Crippen molar-refractivity contribution >= 4 is 17.5 Å². The molecule has 0 saturated heterocycles. The molecule has 6 heteroatoms. The molecule has 0 radical (unpaired) electrons. The molecule has 0 aliphatic heterocycles. The largest absolute Gasteiger partial charge is 0.493 e. The third kappa shape index (κ3) is 6.35. The first kappa shape index (κ1) is 22.9. The molecule has 0 fully saturated rings. The molecule has 3 rings (SSSR count). The van der Waals surface area contributed by atoms with Crippen molar-refractivity contribution in [3.8, 4) is 17.2 Å². The van der Waals surface area contributed by atoms with E-state index in [2.05, 4.69) is 10.6 Å². The van der Waals surface area contributed by atoms with Crippen molar-refractivity contribution in [2.45, 2.75) is 26.3 Å². The Morgan fingerprint density at radius 3 is 2.09 bits per heavy atom. The summed E-state index contributed by atoms with van der Waals surface area (Å²) in [6.45, 7) is 3.93. The molecule has 1 unspecified atom stereocenters. The van der Waals surface area contributed by atoms with Crippen LogP contribution in [0.15, 0.2) is 78.9 Å². The van der Waals surface area contributed by atoms with Crippen molar-refractivity contribution < 1.29 is 19.1 Å². The predicted molar refractivity (Wildman–Crippen MR) is 125 cm³/mol. The molecule has 0 aromatic heterocycles. The van der Waals surface area contributed by atoms with Crippen LogP contribution in [0.5, 0.6) is 17.2 Å². The van der Waals surface area contributed by atoms with Crippen molar-refractivity contribution in [3.05, 3.63) is 84.4 Å². The number of amides is 2. The number of rotatable bonds is 9. The zero-order valence-electron chi connectivity index (χ0n) is 18.5. The predicted octanol–water partition coefficient (Wildman–Crippen LogP) is 5.33. The van der Waals surface area contributed by atoms with Gasteiger partial charge in [-0.2, -0.15) is 0 Å². The second-order valence-corrected chi connectivity index (χ2v) is 7.78. The van der Waals surface area contributed by atoms with Crippen LogP contribution in [-0.4, -0.2) is 18.9 Å². The minimum Gasteiger partial charge on any atom is -0.493 e. The fourth-order valence-corrected chi connectivity index (χ4v) is 3.19. The standard InChI is InChI=1S/C26H28N2O4/c1-18(2)17-24(29)28-25(19-9-5-4-6-10-19)26(30)27-20-13-15-21(16-14-20)32-23-12-8-7-11-22(23)31-3/h4-16,18,25H,17H2,1-3H3,(H,27,30)(H,28,29). The summed E-state index contributed by atoms with van der Waals surface area (Å²) >= 11 is 0. The summed E-state index contributed by atoms with van der Waals surface area (Å²) in [5.41, 5.74) is 1.32. The highest BCUT2D eigenvalue weighted by atomic mass is 16.5. The Morgan fingerprint density at radius 2 is 1.47 bits per heavy atom. The summed E-state index contributed by atoms with van der Waals surface area (Å²) in [7, 11) is 1.59. The molecular formula is C26H28N2O4. The number of methoxy groups -OCH3 is 1. The van der Waals surface area contributed by atoms with Crippen LogP contribution in [0.3, 0.4) is 0 Å². The second-order valence-electron chi connectivity index (χ2n) is 7.78. The van der Waals surface area contributed by atoms with E-state index < -0.39 is 6.04 Å². The van der Waals surface area contributed by atoms with E-state index in [0.29, 0.717) is 29.4 Å². The van der Waals surface area contributed by atoms with Gasteiger partial charge in [0.05, 0.1) is 7.11 Å². The van der Waals surface area contributed by atoms with Gasteiger partial charge in [-0.15, -0.1) is 0 Å². The number of carbonyl (C=O) groups is 2. The van der Waals surface area contributed by atoms with Crippen LogP contribution in [0.2, 0.25) is 0 Å². The van der Waals surface area contributed by atoms with Gasteiger partial charge in [-0.1, -0.05) is 56.3 Å². The molecule has 0 saturated carbocycles. The fraction of sp³-hybridized carbons (Fsp3) is 0.231. The monoisotopic (exact) mass is 432 g/mol. The van der Waals surface area contributed by atoms with Crippen LogP contribution in [0, 0.1) is 5.92 Å². The number of ether oxygens (including phenoxy) is 2. The molecule has 32 heavy (non-hydrogen) atoms. The summed E-state index contributed by atoms with van der Waals surface area (Å²) in [5.74, 6) is 1.57. The molecule has 0 aliphatic carbocycles. The van der Waals surface area contributed by atoms with E-state index >= 15 is 0 Å². The maximum absolute atomic E-state index is 13.0. The molecule has 2 amide bonds.